The highest BCUT2D eigenvalue weighted by Gasteiger charge is 1.88. The molecule has 5 heteroatoms. The van der Waals surface area contributed by atoms with Crippen LogP contribution in [0.1, 0.15) is 6.92 Å². The molecule has 4 nitrogen and oxygen atoms in total. The summed E-state index contributed by atoms with van der Waals surface area (Å²) in [5, 5.41) is 0. The van der Waals surface area contributed by atoms with E-state index in [1.807, 2.05) is 9.24 Å². The molecule has 8 heavy (non-hydrogen) atoms. The van der Waals surface area contributed by atoms with Crippen molar-refractivity contribution in [3.8, 4) is 0 Å². The maximum Gasteiger partial charge on any atom is 0.253 e. The quantitative estimate of drug-likeness (QED) is 0.350. The average Bonchev–Trinajstić information content (AvgIpc) is 1.61. The van der Waals surface area contributed by atoms with Gasteiger partial charge in [0.25, 0.3) is 5.65 Å². The van der Waals surface area contributed by atoms with Crippen molar-refractivity contribution in [2.75, 3.05) is 0 Å². The molecule has 0 heterocycles. The summed E-state index contributed by atoms with van der Waals surface area (Å²) in [4.78, 5) is 20.0. The summed E-state index contributed by atoms with van der Waals surface area (Å²) >= 11 is 0. The van der Waals surface area contributed by atoms with Crippen LogP contribution in [0.3, 0.4) is 0 Å². The van der Waals surface area contributed by atoms with Crippen LogP contribution in [0, 0.1) is 0 Å². The highest BCUT2D eigenvalue weighted by atomic mass is 31.0. The van der Waals surface area contributed by atoms with E-state index in [9.17, 15) is 9.59 Å². The molecule has 2 amide bonds. The Balaban J connectivity index is 3.18. The molecule has 0 aromatic rings. The smallest absolute Gasteiger partial charge is 0.253 e. The van der Waals surface area contributed by atoms with Crippen molar-refractivity contribution in [1.29, 1.82) is 0 Å². The van der Waals surface area contributed by atoms with Gasteiger partial charge in [-0.25, -0.2) is 0 Å². The van der Waals surface area contributed by atoms with Gasteiger partial charge in [0, 0.05) is 6.92 Å². The topological polar surface area (TPSA) is 58.2 Å². The third kappa shape index (κ3) is 5.37. The first kappa shape index (κ1) is 7.37. The van der Waals surface area contributed by atoms with E-state index < -0.39 is 0 Å². The van der Waals surface area contributed by atoms with E-state index >= 15 is 0 Å². The molecule has 0 aromatic heterocycles. The van der Waals surface area contributed by atoms with E-state index in [0.717, 1.165) is 0 Å². The van der Waals surface area contributed by atoms with Crippen molar-refractivity contribution in [2.24, 2.45) is 0 Å². The molecule has 0 rings (SSSR count). The lowest BCUT2D eigenvalue weighted by molar-refractivity contribution is -0.119. The summed E-state index contributed by atoms with van der Waals surface area (Å²) in [6.07, 6.45) is 0. The fourth-order valence-electron chi connectivity index (χ4n) is 0.150. The summed E-state index contributed by atoms with van der Waals surface area (Å²) in [6, 6.07) is 0. The minimum Gasteiger partial charge on any atom is -0.274 e. The molecule has 0 aliphatic heterocycles. The zero-order valence-electron chi connectivity index (χ0n) is 4.39. The summed E-state index contributed by atoms with van der Waals surface area (Å²) < 4.78 is 0. The molecule has 0 aliphatic carbocycles. The average molecular weight is 134 g/mol. The Kier molecular flexibility index (Phi) is 3.12. The Morgan fingerprint density at radius 3 is 2.00 bits per heavy atom. The largest absolute Gasteiger partial charge is 0.274 e. The van der Waals surface area contributed by atoms with Gasteiger partial charge in [-0.15, -0.1) is 0 Å². The summed E-state index contributed by atoms with van der Waals surface area (Å²) in [7, 11) is 1.86. The monoisotopic (exact) mass is 134 g/mol. The van der Waals surface area contributed by atoms with E-state index in [1.165, 1.54) is 6.92 Å². The van der Waals surface area contributed by atoms with Crippen LogP contribution in [0.2, 0.25) is 0 Å². The van der Waals surface area contributed by atoms with Gasteiger partial charge in [-0.05, 0) is 9.24 Å². The Hall–Kier alpha value is -0.630. The molecule has 0 aromatic carbocycles. The molecule has 0 radical (unpaired) electrons. The lowest BCUT2D eigenvalue weighted by Gasteiger charge is -1.97. The van der Waals surface area contributed by atoms with Crippen LogP contribution >= 0.6 is 9.24 Å². The van der Waals surface area contributed by atoms with Crippen LogP contribution < -0.4 is 10.9 Å². The SMILES string of the molecule is CC(=O)NNC(=O)P. The van der Waals surface area contributed by atoms with Crippen molar-refractivity contribution in [3.05, 3.63) is 0 Å². The van der Waals surface area contributed by atoms with E-state index in [4.69, 9.17) is 0 Å². The second kappa shape index (κ2) is 3.38. The molecule has 2 N–H and O–H groups in total. The fraction of sp³-hybridized carbons (Fsp3) is 0.333. The number of amides is 2. The van der Waals surface area contributed by atoms with Crippen LogP contribution in [0.5, 0.6) is 0 Å². The third-order valence-electron chi connectivity index (χ3n) is 0.362. The fourth-order valence-corrected chi connectivity index (χ4v) is 0.222. The first-order valence-electron chi connectivity index (χ1n) is 1.95. The molecular formula is C3H7N2O2P. The number of rotatable bonds is 0. The minimum absolute atomic E-state index is 0.291. The number of carbonyl (C=O) groups is 2. The van der Waals surface area contributed by atoms with E-state index in [1.54, 1.807) is 0 Å². The van der Waals surface area contributed by atoms with Gasteiger partial charge < -0.3 is 0 Å². The Bertz CT molecular complexity index is 99.9. The van der Waals surface area contributed by atoms with Gasteiger partial charge in [0.05, 0.1) is 0 Å². The molecule has 0 bridgehead atoms. The predicted octanol–water partition coefficient (Wildman–Crippen LogP) is -0.378. The maximum absolute atomic E-state index is 10.0. The highest BCUT2D eigenvalue weighted by Crippen LogP contribution is 1.77. The summed E-state index contributed by atoms with van der Waals surface area (Å²) in [6.45, 7) is 1.31. The Morgan fingerprint density at radius 1 is 1.38 bits per heavy atom. The van der Waals surface area contributed by atoms with Crippen LogP contribution in [0.4, 0.5) is 4.79 Å². The van der Waals surface area contributed by atoms with Gasteiger partial charge >= 0.3 is 0 Å². The van der Waals surface area contributed by atoms with Crippen molar-refractivity contribution in [3.63, 3.8) is 0 Å². The lowest BCUT2D eigenvalue weighted by Crippen LogP contribution is -2.36. The molecule has 46 valence electrons. The molecule has 0 saturated heterocycles. The van der Waals surface area contributed by atoms with Gasteiger partial charge in [-0.3, -0.25) is 20.4 Å². The van der Waals surface area contributed by atoms with Crippen LogP contribution in [-0.4, -0.2) is 11.6 Å². The lowest BCUT2D eigenvalue weighted by atomic mass is 10.8. The van der Waals surface area contributed by atoms with Gasteiger partial charge in [0.15, 0.2) is 0 Å². The first-order valence-corrected chi connectivity index (χ1v) is 2.52. The van der Waals surface area contributed by atoms with Crippen LogP contribution in [0.15, 0.2) is 0 Å². The van der Waals surface area contributed by atoms with Gasteiger partial charge in [-0.2, -0.15) is 0 Å². The molecule has 0 spiro atoms. The Morgan fingerprint density at radius 2 is 1.88 bits per heavy atom. The van der Waals surface area contributed by atoms with Crippen LogP contribution in [-0.2, 0) is 4.79 Å². The normalized spacial score (nSPS) is 7.75. The van der Waals surface area contributed by atoms with E-state index in [2.05, 4.69) is 10.9 Å². The maximum atomic E-state index is 10.0. The van der Waals surface area contributed by atoms with Crippen molar-refractivity contribution in [1.82, 2.24) is 10.9 Å². The number of carbonyl (C=O) groups excluding carboxylic acids is 2. The van der Waals surface area contributed by atoms with E-state index in [-0.39, 0.29) is 11.6 Å². The second-order valence-electron chi connectivity index (χ2n) is 1.17. The molecular weight excluding hydrogens is 127 g/mol. The number of hydrogen-bond donors (Lipinski definition) is 2. The molecule has 1 unspecified atom stereocenters. The van der Waals surface area contributed by atoms with Gasteiger partial charge in [-0.1, -0.05) is 0 Å². The standard InChI is InChI=1S/C3H7N2O2P/c1-2(6)4-5-3(7)8/h8H2,1H3,(H,4,6)(H,5,7). The number of hydrogen-bond acceptors (Lipinski definition) is 2. The number of hydrazine groups is 1. The zero-order chi connectivity index (χ0) is 6.57. The van der Waals surface area contributed by atoms with Gasteiger partial charge in [0.1, 0.15) is 0 Å². The molecule has 0 saturated carbocycles. The third-order valence-corrected chi connectivity index (χ3v) is 0.506. The first-order chi connectivity index (χ1) is 3.63. The highest BCUT2D eigenvalue weighted by molar-refractivity contribution is 7.39. The Labute approximate surface area is 49.2 Å². The van der Waals surface area contributed by atoms with Crippen molar-refractivity contribution < 1.29 is 9.59 Å². The molecule has 0 fully saturated rings. The van der Waals surface area contributed by atoms with Crippen LogP contribution in [0.25, 0.3) is 0 Å². The van der Waals surface area contributed by atoms with E-state index in [0.29, 0.717) is 0 Å². The molecule has 0 aliphatic rings. The predicted molar refractivity (Wildman–Crippen MR) is 32.1 cm³/mol. The molecule has 1 atom stereocenters. The summed E-state index contributed by atoms with van der Waals surface area (Å²) in [5.74, 6) is -0.291. The van der Waals surface area contributed by atoms with Gasteiger partial charge in [0.2, 0.25) is 5.91 Å². The second-order valence-corrected chi connectivity index (χ2v) is 1.69. The summed E-state index contributed by atoms with van der Waals surface area (Å²) in [5.41, 5.74) is 3.79. The zero-order valence-corrected chi connectivity index (χ0v) is 5.55. The number of nitrogens with one attached hydrogen (secondary N) is 2. The van der Waals surface area contributed by atoms with Crippen molar-refractivity contribution >= 4 is 20.8 Å². The van der Waals surface area contributed by atoms with Crippen molar-refractivity contribution in [2.45, 2.75) is 6.92 Å². The minimum atomic E-state index is -0.361.